The van der Waals surface area contributed by atoms with Gasteiger partial charge in [0.25, 0.3) is 0 Å². The fourth-order valence-electron chi connectivity index (χ4n) is 3.40. The van der Waals surface area contributed by atoms with E-state index in [1.165, 1.54) is 24.1 Å². The smallest absolute Gasteiger partial charge is 0.0543 e. The number of benzene rings is 1. The average Bonchev–Trinajstić information content (AvgIpc) is 2.63. The standard InChI is InChI=1S/C20H27N3/c1-2-20(17-8-4-3-5-9-17)22-18-11-14-23(15-12-18)16-19-10-6-7-13-21-19/h3-10,13,18,20,22H,2,11-12,14-16H2,1H3. The van der Waals surface area contributed by atoms with Crippen molar-refractivity contribution in [2.75, 3.05) is 13.1 Å². The third-order valence-electron chi connectivity index (χ3n) is 4.75. The van der Waals surface area contributed by atoms with Crippen molar-refractivity contribution >= 4 is 0 Å². The van der Waals surface area contributed by atoms with Crippen molar-refractivity contribution in [3.63, 3.8) is 0 Å². The van der Waals surface area contributed by atoms with E-state index >= 15 is 0 Å². The lowest BCUT2D eigenvalue weighted by molar-refractivity contribution is 0.181. The molecule has 2 heterocycles. The number of pyridine rings is 1. The topological polar surface area (TPSA) is 28.2 Å². The molecule has 1 N–H and O–H groups in total. The molecular weight excluding hydrogens is 282 g/mol. The van der Waals surface area contributed by atoms with Crippen LogP contribution in [0.1, 0.15) is 43.5 Å². The molecule has 1 aliphatic rings. The normalized spacial score (nSPS) is 18.0. The van der Waals surface area contributed by atoms with Gasteiger partial charge in [0.15, 0.2) is 0 Å². The molecule has 122 valence electrons. The molecule has 3 nitrogen and oxygen atoms in total. The summed E-state index contributed by atoms with van der Waals surface area (Å²) in [5.41, 5.74) is 2.58. The highest BCUT2D eigenvalue weighted by Crippen LogP contribution is 2.20. The van der Waals surface area contributed by atoms with Crippen LogP contribution in [0, 0.1) is 0 Å². The molecular formula is C20H27N3. The molecule has 23 heavy (non-hydrogen) atoms. The first-order chi connectivity index (χ1) is 11.3. The first-order valence-corrected chi connectivity index (χ1v) is 8.78. The zero-order chi connectivity index (χ0) is 15.9. The molecule has 1 atom stereocenters. The third-order valence-corrected chi connectivity index (χ3v) is 4.75. The molecule has 0 aliphatic carbocycles. The van der Waals surface area contributed by atoms with Crippen LogP contribution in [0.25, 0.3) is 0 Å². The van der Waals surface area contributed by atoms with E-state index in [-0.39, 0.29) is 0 Å². The van der Waals surface area contributed by atoms with E-state index in [0.29, 0.717) is 12.1 Å². The SMILES string of the molecule is CCC(NC1CCN(Cc2ccccn2)CC1)c1ccccc1. The number of hydrogen-bond acceptors (Lipinski definition) is 3. The van der Waals surface area contributed by atoms with Gasteiger partial charge in [-0.05, 0) is 37.0 Å². The highest BCUT2D eigenvalue weighted by Gasteiger charge is 2.21. The molecule has 1 aromatic carbocycles. The molecule has 1 fully saturated rings. The maximum atomic E-state index is 4.44. The van der Waals surface area contributed by atoms with Crippen LogP contribution in [-0.2, 0) is 6.54 Å². The minimum Gasteiger partial charge on any atom is -0.307 e. The fraction of sp³-hybridized carbons (Fsp3) is 0.450. The molecule has 1 unspecified atom stereocenters. The maximum Gasteiger partial charge on any atom is 0.0543 e. The Morgan fingerprint density at radius 3 is 2.48 bits per heavy atom. The second kappa shape index (κ2) is 8.23. The second-order valence-corrected chi connectivity index (χ2v) is 6.41. The van der Waals surface area contributed by atoms with Gasteiger partial charge in [0.2, 0.25) is 0 Å². The van der Waals surface area contributed by atoms with E-state index in [4.69, 9.17) is 0 Å². The van der Waals surface area contributed by atoms with Gasteiger partial charge in [-0.3, -0.25) is 9.88 Å². The summed E-state index contributed by atoms with van der Waals surface area (Å²) < 4.78 is 0. The van der Waals surface area contributed by atoms with Crippen LogP contribution in [0.3, 0.4) is 0 Å². The van der Waals surface area contributed by atoms with Gasteiger partial charge < -0.3 is 5.32 Å². The van der Waals surface area contributed by atoms with E-state index < -0.39 is 0 Å². The van der Waals surface area contributed by atoms with Crippen molar-refractivity contribution in [3.05, 3.63) is 66.0 Å². The summed E-state index contributed by atoms with van der Waals surface area (Å²) in [5.74, 6) is 0. The van der Waals surface area contributed by atoms with Crippen LogP contribution in [-0.4, -0.2) is 29.0 Å². The molecule has 3 heteroatoms. The molecule has 0 bridgehead atoms. The quantitative estimate of drug-likeness (QED) is 0.880. The molecule has 0 saturated carbocycles. The molecule has 1 aliphatic heterocycles. The maximum absolute atomic E-state index is 4.44. The third kappa shape index (κ3) is 4.63. The Labute approximate surface area is 139 Å². The predicted octanol–water partition coefficient (Wildman–Crippen LogP) is 3.79. The first kappa shape index (κ1) is 16.2. The zero-order valence-corrected chi connectivity index (χ0v) is 14.0. The second-order valence-electron chi connectivity index (χ2n) is 6.41. The Balaban J connectivity index is 1.49. The van der Waals surface area contributed by atoms with E-state index in [9.17, 15) is 0 Å². The minimum absolute atomic E-state index is 0.476. The van der Waals surface area contributed by atoms with Crippen molar-refractivity contribution in [1.29, 1.82) is 0 Å². The summed E-state index contributed by atoms with van der Waals surface area (Å²) in [6, 6.07) is 18.1. The lowest BCUT2D eigenvalue weighted by Crippen LogP contribution is -2.43. The van der Waals surface area contributed by atoms with Crippen LogP contribution < -0.4 is 5.32 Å². The van der Waals surface area contributed by atoms with Gasteiger partial charge in [0, 0.05) is 37.9 Å². The van der Waals surface area contributed by atoms with Gasteiger partial charge >= 0.3 is 0 Å². The number of hydrogen-bond donors (Lipinski definition) is 1. The Bertz CT molecular complexity index is 562. The summed E-state index contributed by atoms with van der Waals surface area (Å²) in [6.07, 6.45) is 5.46. The van der Waals surface area contributed by atoms with Crippen LogP contribution in [0.5, 0.6) is 0 Å². The largest absolute Gasteiger partial charge is 0.307 e. The van der Waals surface area contributed by atoms with Crippen LogP contribution in [0.4, 0.5) is 0 Å². The lowest BCUT2D eigenvalue weighted by Gasteiger charge is -2.34. The summed E-state index contributed by atoms with van der Waals surface area (Å²) in [7, 11) is 0. The average molecular weight is 309 g/mol. The predicted molar refractivity (Wildman–Crippen MR) is 95.1 cm³/mol. The van der Waals surface area contributed by atoms with Crippen molar-refractivity contribution in [1.82, 2.24) is 15.2 Å². The Morgan fingerprint density at radius 2 is 1.83 bits per heavy atom. The molecule has 3 rings (SSSR count). The van der Waals surface area contributed by atoms with Crippen LogP contribution >= 0.6 is 0 Å². The minimum atomic E-state index is 0.476. The van der Waals surface area contributed by atoms with Crippen molar-refractivity contribution < 1.29 is 0 Å². The monoisotopic (exact) mass is 309 g/mol. The fourth-order valence-corrected chi connectivity index (χ4v) is 3.40. The number of nitrogens with one attached hydrogen (secondary N) is 1. The summed E-state index contributed by atoms with van der Waals surface area (Å²) >= 11 is 0. The zero-order valence-electron chi connectivity index (χ0n) is 14.0. The van der Waals surface area contributed by atoms with Crippen LogP contribution in [0.15, 0.2) is 54.7 Å². The van der Waals surface area contributed by atoms with E-state index in [1.54, 1.807) is 0 Å². The Kier molecular flexibility index (Phi) is 5.78. The molecule has 0 spiro atoms. The van der Waals surface area contributed by atoms with Gasteiger partial charge in [-0.15, -0.1) is 0 Å². The van der Waals surface area contributed by atoms with Gasteiger partial charge in [-0.2, -0.15) is 0 Å². The van der Waals surface area contributed by atoms with Gasteiger partial charge in [-0.25, -0.2) is 0 Å². The first-order valence-electron chi connectivity index (χ1n) is 8.78. The molecule has 2 aromatic rings. The molecule has 1 saturated heterocycles. The molecule has 1 aromatic heterocycles. The van der Waals surface area contributed by atoms with E-state index in [0.717, 1.165) is 26.1 Å². The Hall–Kier alpha value is -1.71. The van der Waals surface area contributed by atoms with Gasteiger partial charge in [0.1, 0.15) is 0 Å². The van der Waals surface area contributed by atoms with Crippen molar-refractivity contribution in [3.8, 4) is 0 Å². The van der Waals surface area contributed by atoms with Gasteiger partial charge in [-0.1, -0.05) is 43.3 Å². The highest BCUT2D eigenvalue weighted by atomic mass is 15.1. The van der Waals surface area contributed by atoms with Gasteiger partial charge in [0.05, 0.1) is 5.69 Å². The summed E-state index contributed by atoms with van der Waals surface area (Å²) in [5, 5.41) is 3.86. The Morgan fingerprint density at radius 1 is 1.09 bits per heavy atom. The number of piperidine rings is 1. The number of likely N-dealkylation sites (tertiary alicyclic amines) is 1. The number of aromatic nitrogens is 1. The number of nitrogens with zero attached hydrogens (tertiary/aromatic N) is 2. The number of rotatable bonds is 6. The summed E-state index contributed by atoms with van der Waals surface area (Å²) in [4.78, 5) is 6.95. The van der Waals surface area contributed by atoms with E-state index in [1.807, 2.05) is 12.3 Å². The molecule has 0 radical (unpaired) electrons. The van der Waals surface area contributed by atoms with Crippen molar-refractivity contribution in [2.24, 2.45) is 0 Å². The molecule has 0 amide bonds. The van der Waals surface area contributed by atoms with E-state index in [2.05, 4.69) is 64.6 Å². The lowest BCUT2D eigenvalue weighted by atomic mass is 9.99. The highest BCUT2D eigenvalue weighted by molar-refractivity contribution is 5.19. The van der Waals surface area contributed by atoms with Crippen LogP contribution in [0.2, 0.25) is 0 Å². The van der Waals surface area contributed by atoms with Crippen molar-refractivity contribution in [2.45, 2.75) is 44.8 Å². The summed E-state index contributed by atoms with van der Waals surface area (Å²) in [6.45, 7) is 5.54.